The maximum absolute atomic E-state index is 13.7. The summed E-state index contributed by atoms with van der Waals surface area (Å²) in [5.41, 5.74) is 13.0. The Hall–Kier alpha value is -3.30. The lowest BCUT2D eigenvalue weighted by Gasteiger charge is -2.28. The lowest BCUT2D eigenvalue weighted by atomic mass is 9.80. The third kappa shape index (κ3) is 9.91. The van der Waals surface area contributed by atoms with Crippen molar-refractivity contribution in [1.82, 2.24) is 5.32 Å². The number of ketones is 2. The van der Waals surface area contributed by atoms with E-state index in [1.165, 1.54) is 6.08 Å². The normalized spacial score (nSPS) is 31.8. The van der Waals surface area contributed by atoms with Crippen LogP contribution in [0.1, 0.15) is 80.1 Å². The number of hydrogen-bond acceptors (Lipinski definition) is 7. The number of aliphatic hydroxyl groups excluding tert-OH is 1. The molecule has 42 heavy (non-hydrogen) atoms. The number of allylic oxidation sites excluding steroid dienone is 5. The summed E-state index contributed by atoms with van der Waals surface area (Å²) in [4.78, 5) is 51.5. The van der Waals surface area contributed by atoms with Crippen LogP contribution in [-0.4, -0.2) is 47.4 Å². The van der Waals surface area contributed by atoms with E-state index >= 15 is 0 Å². The zero-order valence-electron chi connectivity index (χ0n) is 25.9. The van der Waals surface area contributed by atoms with Gasteiger partial charge in [-0.2, -0.15) is 0 Å². The summed E-state index contributed by atoms with van der Waals surface area (Å²) in [5.74, 6) is -1.79. The van der Waals surface area contributed by atoms with Crippen LogP contribution in [0.5, 0.6) is 0 Å². The molecule has 6 atom stereocenters. The first-order valence-electron chi connectivity index (χ1n) is 15.0. The summed E-state index contributed by atoms with van der Waals surface area (Å²) < 4.78 is 5.42. The lowest BCUT2D eigenvalue weighted by molar-refractivity contribution is -0.120. The van der Waals surface area contributed by atoms with E-state index in [0.29, 0.717) is 42.5 Å². The van der Waals surface area contributed by atoms with E-state index in [1.807, 2.05) is 40.7 Å². The molecular formula is C33H49N3O6. The van der Waals surface area contributed by atoms with Crippen LogP contribution in [0.2, 0.25) is 0 Å². The van der Waals surface area contributed by atoms with E-state index in [-0.39, 0.29) is 40.9 Å². The van der Waals surface area contributed by atoms with Crippen molar-refractivity contribution in [3.63, 3.8) is 0 Å². The van der Waals surface area contributed by atoms with Crippen molar-refractivity contribution >= 4 is 23.6 Å². The number of nitrogens with one attached hydrogen (secondary N) is 1. The van der Waals surface area contributed by atoms with E-state index in [4.69, 9.17) is 16.2 Å². The van der Waals surface area contributed by atoms with Crippen LogP contribution < -0.4 is 16.8 Å². The lowest BCUT2D eigenvalue weighted by Crippen LogP contribution is -2.33. The fourth-order valence-corrected chi connectivity index (χ4v) is 5.78. The van der Waals surface area contributed by atoms with Crippen LogP contribution in [0.4, 0.5) is 4.79 Å². The molecule has 0 radical (unpaired) electrons. The second-order valence-corrected chi connectivity index (χ2v) is 12.0. The Balaban J connectivity index is 2.52. The highest BCUT2D eigenvalue weighted by molar-refractivity contribution is 6.23. The third-order valence-corrected chi connectivity index (χ3v) is 8.10. The molecule has 2 bridgehead atoms. The van der Waals surface area contributed by atoms with Crippen LogP contribution in [-0.2, 0) is 19.1 Å². The van der Waals surface area contributed by atoms with Gasteiger partial charge in [-0.1, -0.05) is 58.4 Å². The van der Waals surface area contributed by atoms with Gasteiger partial charge in [-0.3, -0.25) is 14.4 Å². The van der Waals surface area contributed by atoms with Crippen molar-refractivity contribution in [2.45, 2.75) is 92.3 Å². The van der Waals surface area contributed by atoms with Crippen LogP contribution >= 0.6 is 0 Å². The highest BCUT2D eigenvalue weighted by Crippen LogP contribution is 2.32. The topological polar surface area (TPSA) is 162 Å². The van der Waals surface area contributed by atoms with Gasteiger partial charge in [-0.15, -0.1) is 0 Å². The predicted molar refractivity (Wildman–Crippen MR) is 164 cm³/mol. The summed E-state index contributed by atoms with van der Waals surface area (Å²) in [5, 5.41) is 13.8. The number of ether oxygens (including phenoxy) is 1. The predicted octanol–water partition coefficient (Wildman–Crippen LogP) is 4.57. The molecule has 0 spiro atoms. The summed E-state index contributed by atoms with van der Waals surface area (Å²) >= 11 is 0. The van der Waals surface area contributed by atoms with Crippen LogP contribution in [0, 0.1) is 23.7 Å². The number of fused-ring (bicyclic) bond motifs is 2. The first kappa shape index (κ1) is 34.9. The van der Waals surface area contributed by atoms with E-state index in [9.17, 15) is 24.3 Å². The molecule has 1 aliphatic carbocycles. The number of nitrogens with two attached hydrogens (primary N) is 2. The molecule has 232 valence electrons. The van der Waals surface area contributed by atoms with Crippen LogP contribution in [0.25, 0.3) is 0 Å². The SMILES string of the molecule is C/C1=C\C=C/[C@H](C)[C@@H](OC(N)=O)/C(C)=C/[C@H](C)[C@@H](O)[C@@H](C)C[C@H](C)CC2=C(CCCCCN)C(=O)C=C(NC1=O)C2=O. The quantitative estimate of drug-likeness (QED) is 0.202. The number of hydrogen-bond donors (Lipinski definition) is 4. The number of rotatable bonds is 6. The molecular weight excluding hydrogens is 534 g/mol. The number of Topliss-reactive ketones (excluding diaryl/α,β-unsaturated/α-hetero) is 1. The Kier molecular flexibility index (Phi) is 13.6. The molecule has 0 saturated heterocycles. The second-order valence-electron chi connectivity index (χ2n) is 12.0. The van der Waals surface area contributed by atoms with Crippen molar-refractivity contribution in [2.75, 3.05) is 6.54 Å². The summed E-state index contributed by atoms with van der Waals surface area (Å²) in [6.07, 6.45) is 9.79. The molecule has 0 fully saturated rings. The Morgan fingerprint density at radius 1 is 1.07 bits per heavy atom. The minimum Gasteiger partial charge on any atom is -0.441 e. The molecule has 1 heterocycles. The smallest absolute Gasteiger partial charge is 0.405 e. The number of primary amides is 1. The molecule has 9 heteroatoms. The van der Waals surface area contributed by atoms with Gasteiger partial charge in [0.15, 0.2) is 5.78 Å². The minimum absolute atomic E-state index is 0.0216. The van der Waals surface area contributed by atoms with Gasteiger partial charge in [0, 0.05) is 34.6 Å². The number of amides is 2. The molecule has 2 amide bonds. The molecule has 9 nitrogen and oxygen atoms in total. The molecule has 2 aliphatic rings. The highest BCUT2D eigenvalue weighted by atomic mass is 16.6. The molecule has 0 aromatic rings. The molecule has 0 aromatic carbocycles. The Morgan fingerprint density at radius 3 is 2.40 bits per heavy atom. The third-order valence-electron chi connectivity index (χ3n) is 8.10. The molecule has 6 N–H and O–H groups in total. The van der Waals surface area contributed by atoms with Gasteiger partial charge in [0.25, 0.3) is 5.91 Å². The van der Waals surface area contributed by atoms with Crippen molar-refractivity contribution in [3.05, 3.63) is 58.4 Å². The van der Waals surface area contributed by atoms with E-state index in [2.05, 4.69) is 5.32 Å². The first-order valence-corrected chi connectivity index (χ1v) is 15.0. The summed E-state index contributed by atoms with van der Waals surface area (Å²) in [6.45, 7) is 11.7. The van der Waals surface area contributed by atoms with Gasteiger partial charge in [0.1, 0.15) is 6.10 Å². The van der Waals surface area contributed by atoms with E-state index in [1.54, 1.807) is 25.2 Å². The monoisotopic (exact) mass is 583 g/mol. The first-order chi connectivity index (χ1) is 19.8. The second kappa shape index (κ2) is 16.4. The van der Waals surface area contributed by atoms with Gasteiger partial charge < -0.3 is 26.6 Å². The average Bonchev–Trinajstić information content (AvgIpc) is 2.92. The van der Waals surface area contributed by atoms with Gasteiger partial charge >= 0.3 is 6.09 Å². The van der Waals surface area contributed by atoms with Crippen LogP contribution in [0.15, 0.2) is 58.4 Å². The minimum atomic E-state index is -0.903. The van der Waals surface area contributed by atoms with E-state index in [0.717, 1.165) is 24.8 Å². The van der Waals surface area contributed by atoms with Crippen molar-refractivity contribution in [3.8, 4) is 0 Å². The van der Waals surface area contributed by atoms with Gasteiger partial charge in [-0.05, 0) is 69.9 Å². The fraction of sp³-hybridized carbons (Fsp3) is 0.576. The Bertz CT molecular complexity index is 1180. The highest BCUT2D eigenvalue weighted by Gasteiger charge is 2.32. The van der Waals surface area contributed by atoms with E-state index < -0.39 is 24.2 Å². The zero-order chi connectivity index (χ0) is 31.6. The van der Waals surface area contributed by atoms with Crippen molar-refractivity contribution in [1.29, 1.82) is 0 Å². The number of aliphatic hydroxyl groups is 1. The zero-order valence-corrected chi connectivity index (χ0v) is 25.9. The molecule has 1 aliphatic heterocycles. The summed E-state index contributed by atoms with van der Waals surface area (Å²) in [7, 11) is 0. The number of carbonyl (C=O) groups excluding carboxylic acids is 4. The average molecular weight is 584 g/mol. The molecule has 0 aromatic heterocycles. The van der Waals surface area contributed by atoms with Gasteiger partial charge in [0.2, 0.25) is 5.78 Å². The fourth-order valence-electron chi connectivity index (χ4n) is 5.78. The van der Waals surface area contributed by atoms with Gasteiger partial charge in [0.05, 0.1) is 11.8 Å². The Morgan fingerprint density at radius 2 is 1.76 bits per heavy atom. The standard InChI is InChI=1S/C33H49N3O6/c1-19-15-22(4)29(38)23(5)17-24(6)31(42-33(35)41)20(2)11-10-12-21(3)32(40)36-27-18-28(37)25(13-8-7-9-14-34)26(16-19)30(27)39/h10-12,17-20,22-23,29,31,38H,7-9,13-16,34H2,1-6H3,(H2,35,41)(H,36,40)/b11-10-,21-12+,24-17+/t19-,20-,22-,23-,29-,31+/m0/s1. The van der Waals surface area contributed by atoms with Gasteiger partial charge in [-0.25, -0.2) is 4.79 Å². The number of carbonyl (C=O) groups is 4. The van der Waals surface area contributed by atoms with Crippen LogP contribution in [0.3, 0.4) is 0 Å². The maximum Gasteiger partial charge on any atom is 0.405 e. The van der Waals surface area contributed by atoms with Crippen molar-refractivity contribution in [2.24, 2.45) is 35.1 Å². The largest absolute Gasteiger partial charge is 0.441 e. The molecule has 0 saturated carbocycles. The number of unbranched alkanes of at least 4 members (excludes halogenated alkanes) is 2. The Labute approximate surface area is 250 Å². The summed E-state index contributed by atoms with van der Waals surface area (Å²) in [6, 6.07) is 0. The molecule has 2 rings (SSSR count). The maximum atomic E-state index is 13.7. The van der Waals surface area contributed by atoms with Crippen molar-refractivity contribution < 1.29 is 29.0 Å². The molecule has 0 unspecified atom stereocenters.